The molecule has 0 saturated heterocycles. The number of anilines is 1. The van der Waals surface area contributed by atoms with Crippen LogP contribution in [0.3, 0.4) is 0 Å². The molecule has 0 spiro atoms. The first-order valence-electron chi connectivity index (χ1n) is 6.74. The fourth-order valence-corrected chi connectivity index (χ4v) is 1.80. The number of hydrogen-bond acceptors (Lipinski definition) is 4. The number of rotatable bonds is 7. The van der Waals surface area contributed by atoms with E-state index in [1.165, 1.54) is 0 Å². The summed E-state index contributed by atoms with van der Waals surface area (Å²) in [4.78, 5) is 9.20. The van der Waals surface area contributed by atoms with Gasteiger partial charge in [0.1, 0.15) is 6.54 Å². The van der Waals surface area contributed by atoms with Gasteiger partial charge in [0.2, 0.25) is 5.95 Å². The van der Waals surface area contributed by atoms with Gasteiger partial charge < -0.3 is 10.6 Å². The van der Waals surface area contributed by atoms with Crippen LogP contribution in [0.15, 0.2) is 12.4 Å². The maximum atomic E-state index is 12.5. The molecule has 4 nitrogen and oxygen atoms in total. The van der Waals surface area contributed by atoms with E-state index in [0.717, 1.165) is 16.9 Å². The zero-order valence-corrected chi connectivity index (χ0v) is 11.8. The maximum absolute atomic E-state index is 12.5. The Bertz CT molecular complexity index is 392. The first-order valence-corrected chi connectivity index (χ1v) is 6.74. The van der Waals surface area contributed by atoms with E-state index >= 15 is 0 Å². The molecule has 0 radical (unpaired) electrons. The summed E-state index contributed by atoms with van der Waals surface area (Å²) in [6.07, 6.45) is 0.902. The minimum atomic E-state index is -4.26. The van der Waals surface area contributed by atoms with Crippen molar-refractivity contribution in [2.45, 2.75) is 45.3 Å². The van der Waals surface area contributed by atoms with E-state index in [2.05, 4.69) is 9.97 Å². The van der Waals surface area contributed by atoms with Crippen LogP contribution in [0.2, 0.25) is 0 Å². The van der Waals surface area contributed by atoms with Crippen LogP contribution in [0.4, 0.5) is 19.1 Å². The monoisotopic (exact) mass is 290 g/mol. The molecular formula is C13H21F3N4. The van der Waals surface area contributed by atoms with Crippen molar-refractivity contribution < 1.29 is 13.2 Å². The number of halogens is 3. The number of hydrogen-bond donors (Lipinski definition) is 1. The van der Waals surface area contributed by atoms with Gasteiger partial charge in [0.15, 0.2) is 0 Å². The van der Waals surface area contributed by atoms with Crippen LogP contribution < -0.4 is 10.6 Å². The Kier molecular flexibility index (Phi) is 6.19. The second-order valence-corrected chi connectivity index (χ2v) is 4.80. The summed E-state index contributed by atoms with van der Waals surface area (Å²) in [5, 5.41) is 0. The Balaban J connectivity index is 2.77. The average Bonchev–Trinajstić information content (AvgIpc) is 2.37. The third-order valence-corrected chi connectivity index (χ3v) is 2.86. The lowest BCUT2D eigenvalue weighted by Crippen LogP contribution is -2.36. The van der Waals surface area contributed by atoms with Gasteiger partial charge in [-0.05, 0) is 24.8 Å². The molecule has 0 bridgehead atoms. The molecule has 1 heterocycles. The standard InChI is InChI=1S/C13H21F3N4/c1-3-5-20(9-13(14,15)16)12-18-7-10(8-19-12)6-11(17)4-2/h7-8,11H,3-6,9,17H2,1-2H3. The summed E-state index contributed by atoms with van der Waals surface area (Å²) >= 11 is 0. The summed E-state index contributed by atoms with van der Waals surface area (Å²) in [5.41, 5.74) is 6.66. The molecule has 0 aliphatic carbocycles. The number of alkyl halides is 3. The first-order chi connectivity index (χ1) is 9.35. The Labute approximate surface area is 117 Å². The Morgan fingerprint density at radius 1 is 1.25 bits per heavy atom. The minimum Gasteiger partial charge on any atom is -0.332 e. The number of aromatic nitrogens is 2. The third-order valence-electron chi connectivity index (χ3n) is 2.86. The Morgan fingerprint density at radius 3 is 2.30 bits per heavy atom. The van der Waals surface area contributed by atoms with Crippen LogP contribution in [0.25, 0.3) is 0 Å². The van der Waals surface area contributed by atoms with Crippen molar-refractivity contribution in [2.24, 2.45) is 5.73 Å². The van der Waals surface area contributed by atoms with Crippen molar-refractivity contribution in [1.82, 2.24) is 9.97 Å². The van der Waals surface area contributed by atoms with Crippen LogP contribution in [-0.4, -0.2) is 35.3 Å². The molecule has 0 aromatic carbocycles. The van der Waals surface area contributed by atoms with Crippen molar-refractivity contribution >= 4 is 5.95 Å². The van der Waals surface area contributed by atoms with Gasteiger partial charge in [-0.1, -0.05) is 13.8 Å². The third kappa shape index (κ3) is 5.73. The molecule has 2 N–H and O–H groups in total. The highest BCUT2D eigenvalue weighted by molar-refractivity contribution is 5.30. The highest BCUT2D eigenvalue weighted by Crippen LogP contribution is 2.19. The lowest BCUT2D eigenvalue weighted by atomic mass is 10.1. The summed E-state index contributed by atoms with van der Waals surface area (Å²) in [7, 11) is 0. The zero-order chi connectivity index (χ0) is 15.2. The largest absolute Gasteiger partial charge is 0.406 e. The van der Waals surface area contributed by atoms with Crippen LogP contribution in [0.5, 0.6) is 0 Å². The molecule has 1 aromatic heterocycles. The van der Waals surface area contributed by atoms with E-state index in [1.807, 2.05) is 13.8 Å². The lowest BCUT2D eigenvalue weighted by Gasteiger charge is -2.23. The van der Waals surface area contributed by atoms with Gasteiger partial charge >= 0.3 is 6.18 Å². The van der Waals surface area contributed by atoms with Crippen molar-refractivity contribution in [3.63, 3.8) is 0 Å². The molecule has 1 unspecified atom stereocenters. The van der Waals surface area contributed by atoms with Crippen LogP contribution >= 0.6 is 0 Å². The van der Waals surface area contributed by atoms with E-state index in [9.17, 15) is 13.2 Å². The number of nitrogens with two attached hydrogens (primary N) is 1. The van der Waals surface area contributed by atoms with Gasteiger partial charge in [0, 0.05) is 25.0 Å². The predicted octanol–water partition coefficient (Wildman–Crippen LogP) is 2.54. The van der Waals surface area contributed by atoms with E-state index in [0.29, 0.717) is 12.8 Å². The van der Waals surface area contributed by atoms with E-state index in [4.69, 9.17) is 5.73 Å². The maximum Gasteiger partial charge on any atom is 0.406 e. The van der Waals surface area contributed by atoms with Gasteiger partial charge in [-0.25, -0.2) is 9.97 Å². The van der Waals surface area contributed by atoms with Gasteiger partial charge in [-0.15, -0.1) is 0 Å². The topological polar surface area (TPSA) is 55.0 Å². The number of nitrogens with zero attached hydrogens (tertiary/aromatic N) is 3. The molecule has 0 saturated carbocycles. The fourth-order valence-electron chi connectivity index (χ4n) is 1.80. The SMILES string of the molecule is CCCN(CC(F)(F)F)c1ncc(CC(N)CC)cn1. The molecule has 7 heteroatoms. The summed E-state index contributed by atoms with van der Waals surface area (Å²) in [6, 6.07) is 0.0198. The highest BCUT2D eigenvalue weighted by atomic mass is 19.4. The molecule has 1 rings (SSSR count). The van der Waals surface area contributed by atoms with Gasteiger partial charge in [-0.2, -0.15) is 13.2 Å². The average molecular weight is 290 g/mol. The molecule has 114 valence electrons. The molecule has 20 heavy (non-hydrogen) atoms. The van der Waals surface area contributed by atoms with Crippen LogP contribution in [-0.2, 0) is 6.42 Å². The molecule has 1 atom stereocenters. The van der Waals surface area contributed by atoms with E-state index in [-0.39, 0.29) is 18.5 Å². The summed E-state index contributed by atoms with van der Waals surface area (Å²) < 4.78 is 37.5. The highest BCUT2D eigenvalue weighted by Gasteiger charge is 2.31. The molecule has 0 aliphatic heterocycles. The minimum absolute atomic E-state index is 0.0198. The van der Waals surface area contributed by atoms with Gasteiger partial charge in [0.25, 0.3) is 0 Å². The zero-order valence-electron chi connectivity index (χ0n) is 11.8. The smallest absolute Gasteiger partial charge is 0.332 e. The quantitative estimate of drug-likeness (QED) is 0.838. The lowest BCUT2D eigenvalue weighted by molar-refractivity contribution is -0.119. The molecule has 0 fully saturated rings. The van der Waals surface area contributed by atoms with Crippen molar-refractivity contribution in [2.75, 3.05) is 18.0 Å². The predicted molar refractivity (Wildman–Crippen MR) is 72.6 cm³/mol. The van der Waals surface area contributed by atoms with Crippen LogP contribution in [0, 0.1) is 0 Å². The first kappa shape index (κ1) is 16.7. The molecule has 0 amide bonds. The summed E-state index contributed by atoms with van der Waals surface area (Å²) in [5.74, 6) is 0.109. The van der Waals surface area contributed by atoms with Crippen LogP contribution in [0.1, 0.15) is 32.3 Å². The second kappa shape index (κ2) is 7.42. The fraction of sp³-hybridized carbons (Fsp3) is 0.692. The van der Waals surface area contributed by atoms with Gasteiger partial charge in [-0.3, -0.25) is 0 Å². The van der Waals surface area contributed by atoms with Crippen molar-refractivity contribution in [3.05, 3.63) is 18.0 Å². The van der Waals surface area contributed by atoms with Crippen molar-refractivity contribution in [3.8, 4) is 0 Å². The molecular weight excluding hydrogens is 269 g/mol. The summed E-state index contributed by atoms with van der Waals surface area (Å²) in [6.45, 7) is 3.03. The van der Waals surface area contributed by atoms with E-state index < -0.39 is 12.7 Å². The molecule has 0 aliphatic rings. The molecule has 1 aromatic rings. The Morgan fingerprint density at radius 2 is 1.85 bits per heavy atom. The Hall–Kier alpha value is -1.37. The normalized spacial score (nSPS) is 13.3. The van der Waals surface area contributed by atoms with Gasteiger partial charge in [0.05, 0.1) is 0 Å². The van der Waals surface area contributed by atoms with E-state index in [1.54, 1.807) is 12.4 Å². The second-order valence-electron chi connectivity index (χ2n) is 4.80. The van der Waals surface area contributed by atoms with Crippen molar-refractivity contribution in [1.29, 1.82) is 0 Å².